The highest BCUT2D eigenvalue weighted by Gasteiger charge is 2.22. The Balaban J connectivity index is 1.55. The quantitative estimate of drug-likeness (QED) is 0.283. The number of fused-ring (bicyclic) bond motifs is 1. The minimum absolute atomic E-state index is 0.0683. The zero-order valence-electron chi connectivity index (χ0n) is 23.9. The zero-order chi connectivity index (χ0) is 29.9. The van der Waals surface area contributed by atoms with Crippen molar-refractivity contribution in [2.24, 2.45) is 0 Å². The van der Waals surface area contributed by atoms with Gasteiger partial charge in [-0.3, -0.25) is 14.5 Å². The van der Waals surface area contributed by atoms with Crippen LogP contribution in [0.25, 0.3) is 10.9 Å². The van der Waals surface area contributed by atoms with Gasteiger partial charge in [-0.1, -0.05) is 6.07 Å². The van der Waals surface area contributed by atoms with E-state index in [4.69, 9.17) is 9.47 Å². The first-order valence-corrected chi connectivity index (χ1v) is 14.4. The molecule has 0 aliphatic heterocycles. The van der Waals surface area contributed by atoms with E-state index in [-0.39, 0.29) is 52.8 Å². The number of ether oxygens (including phenoxy) is 2. The van der Waals surface area contributed by atoms with Crippen molar-refractivity contribution in [3.63, 3.8) is 0 Å². The fourth-order valence-electron chi connectivity index (χ4n) is 4.09. The van der Waals surface area contributed by atoms with Gasteiger partial charge < -0.3 is 14.8 Å². The SMILES string of the molecule is COCCN(C)S(=O)(=O)c1ccc2nccc(Oc3ccc(CC(=O)Nc4cnn(C(C)(C)C)c4)c(F)c3C)c2c1. The van der Waals surface area contributed by atoms with Crippen LogP contribution >= 0.6 is 0 Å². The van der Waals surface area contributed by atoms with E-state index in [0.29, 0.717) is 22.3 Å². The number of methoxy groups -OCH3 is 1. The first kappa shape index (κ1) is 30.1. The third kappa shape index (κ3) is 6.72. The Kier molecular flexibility index (Phi) is 8.76. The first-order chi connectivity index (χ1) is 19.3. The number of aromatic nitrogens is 3. The van der Waals surface area contributed by atoms with Gasteiger partial charge in [-0.2, -0.15) is 9.40 Å². The summed E-state index contributed by atoms with van der Waals surface area (Å²) in [5.74, 6) is -0.397. The van der Waals surface area contributed by atoms with Gasteiger partial charge in [0.15, 0.2) is 0 Å². The lowest BCUT2D eigenvalue weighted by Crippen LogP contribution is -2.30. The lowest BCUT2D eigenvalue weighted by Gasteiger charge is -2.18. The summed E-state index contributed by atoms with van der Waals surface area (Å²) in [5, 5.41) is 7.46. The highest BCUT2D eigenvalue weighted by molar-refractivity contribution is 7.89. The molecule has 2 heterocycles. The summed E-state index contributed by atoms with van der Waals surface area (Å²) in [6, 6.07) is 9.24. The lowest BCUT2D eigenvalue weighted by atomic mass is 10.1. The van der Waals surface area contributed by atoms with Crippen molar-refractivity contribution in [3.8, 4) is 11.5 Å². The Morgan fingerprint density at radius 3 is 2.59 bits per heavy atom. The van der Waals surface area contributed by atoms with Crippen molar-refractivity contribution in [2.75, 3.05) is 32.6 Å². The van der Waals surface area contributed by atoms with E-state index in [9.17, 15) is 13.2 Å². The largest absolute Gasteiger partial charge is 0.456 e. The molecule has 1 N–H and O–H groups in total. The third-order valence-corrected chi connectivity index (χ3v) is 8.39. The summed E-state index contributed by atoms with van der Waals surface area (Å²) >= 11 is 0. The Labute approximate surface area is 239 Å². The number of hydrogen-bond acceptors (Lipinski definition) is 7. The number of rotatable bonds is 10. The average Bonchev–Trinajstić information content (AvgIpc) is 3.40. The van der Waals surface area contributed by atoms with Gasteiger partial charge in [0.25, 0.3) is 0 Å². The van der Waals surface area contributed by atoms with E-state index < -0.39 is 15.8 Å². The van der Waals surface area contributed by atoms with E-state index in [1.54, 1.807) is 42.2 Å². The van der Waals surface area contributed by atoms with Gasteiger partial charge in [-0.25, -0.2) is 12.8 Å². The summed E-state index contributed by atoms with van der Waals surface area (Å²) in [5.41, 5.74) is 1.23. The van der Waals surface area contributed by atoms with Gasteiger partial charge in [-0.15, -0.1) is 0 Å². The van der Waals surface area contributed by atoms with E-state index in [1.165, 1.54) is 42.9 Å². The highest BCUT2D eigenvalue weighted by atomic mass is 32.2. The molecule has 0 spiro atoms. The number of carbonyl (C=O) groups is 1. The maximum absolute atomic E-state index is 15.4. The number of benzene rings is 2. The molecule has 10 nitrogen and oxygen atoms in total. The van der Waals surface area contributed by atoms with Crippen LogP contribution in [0.2, 0.25) is 0 Å². The fraction of sp³-hybridized carbons (Fsp3) is 0.345. The Morgan fingerprint density at radius 2 is 1.90 bits per heavy atom. The average molecular weight is 584 g/mol. The van der Waals surface area contributed by atoms with Crippen LogP contribution in [0.15, 0.2) is 59.9 Å². The summed E-state index contributed by atoms with van der Waals surface area (Å²) < 4.78 is 55.5. The van der Waals surface area contributed by atoms with Gasteiger partial charge in [0.1, 0.15) is 17.3 Å². The number of pyridine rings is 1. The number of anilines is 1. The number of carbonyl (C=O) groups excluding carboxylic acids is 1. The van der Waals surface area contributed by atoms with E-state index in [0.717, 1.165) is 0 Å². The van der Waals surface area contributed by atoms with Crippen LogP contribution in [0.1, 0.15) is 31.9 Å². The van der Waals surface area contributed by atoms with Gasteiger partial charge in [-0.05, 0) is 63.6 Å². The lowest BCUT2D eigenvalue weighted by molar-refractivity contribution is -0.115. The summed E-state index contributed by atoms with van der Waals surface area (Å²) in [6.07, 6.45) is 4.63. The molecule has 0 fully saturated rings. The fourth-order valence-corrected chi connectivity index (χ4v) is 5.27. The van der Waals surface area contributed by atoms with Crippen LogP contribution in [0.5, 0.6) is 11.5 Å². The molecule has 2 aromatic heterocycles. The molecule has 0 atom stereocenters. The molecule has 41 heavy (non-hydrogen) atoms. The second kappa shape index (κ2) is 11.9. The standard InChI is InChI=1S/C29H34FN5O5S/c1-19-25(10-7-20(28(19)30)15-27(36)33-21-17-32-35(18-21)29(2,3)4)40-26-11-12-31-24-9-8-22(16-23(24)26)41(37,38)34(5)13-14-39-6/h7-12,16-18H,13-15H2,1-6H3,(H,33,36). The second-order valence-corrected chi connectivity index (χ2v) is 12.7. The van der Waals surface area contributed by atoms with Crippen molar-refractivity contribution in [1.82, 2.24) is 19.1 Å². The monoisotopic (exact) mass is 583 g/mol. The molecule has 0 saturated heterocycles. The molecule has 0 saturated carbocycles. The van der Waals surface area contributed by atoms with Crippen LogP contribution in [-0.2, 0) is 31.5 Å². The van der Waals surface area contributed by atoms with E-state index in [1.807, 2.05) is 20.8 Å². The van der Waals surface area contributed by atoms with Crippen LogP contribution in [0.3, 0.4) is 0 Å². The van der Waals surface area contributed by atoms with Gasteiger partial charge in [0.05, 0.1) is 40.9 Å². The van der Waals surface area contributed by atoms with E-state index >= 15 is 4.39 Å². The predicted octanol–water partition coefficient (Wildman–Crippen LogP) is 4.87. The molecule has 4 aromatic rings. The highest BCUT2D eigenvalue weighted by Crippen LogP contribution is 2.34. The molecule has 0 unspecified atom stereocenters. The van der Waals surface area contributed by atoms with Crippen LogP contribution < -0.4 is 10.1 Å². The topological polar surface area (TPSA) is 116 Å². The number of sulfonamides is 1. The molecule has 2 aromatic carbocycles. The second-order valence-electron chi connectivity index (χ2n) is 10.6. The van der Waals surface area contributed by atoms with Crippen molar-refractivity contribution in [1.29, 1.82) is 0 Å². The predicted molar refractivity (Wildman–Crippen MR) is 154 cm³/mol. The zero-order valence-corrected chi connectivity index (χ0v) is 24.8. The van der Waals surface area contributed by atoms with Crippen molar-refractivity contribution in [2.45, 2.75) is 44.6 Å². The molecule has 4 rings (SSSR count). The van der Waals surface area contributed by atoms with Crippen LogP contribution in [0.4, 0.5) is 10.1 Å². The minimum atomic E-state index is -3.79. The number of halogens is 1. The Morgan fingerprint density at radius 1 is 1.15 bits per heavy atom. The Bertz CT molecular complexity index is 1680. The summed E-state index contributed by atoms with van der Waals surface area (Å²) in [6.45, 7) is 7.98. The maximum Gasteiger partial charge on any atom is 0.242 e. The van der Waals surface area contributed by atoms with Gasteiger partial charge in [0.2, 0.25) is 15.9 Å². The molecular formula is C29H34FN5O5S. The number of amides is 1. The number of nitrogens with zero attached hydrogens (tertiary/aromatic N) is 4. The van der Waals surface area contributed by atoms with E-state index in [2.05, 4.69) is 15.4 Å². The van der Waals surface area contributed by atoms with Gasteiger partial charge in [0, 0.05) is 44.0 Å². The Hall–Kier alpha value is -3.87. The van der Waals surface area contributed by atoms with Crippen molar-refractivity contribution >= 4 is 32.5 Å². The molecule has 12 heteroatoms. The normalized spacial score (nSPS) is 12.2. The summed E-state index contributed by atoms with van der Waals surface area (Å²) in [7, 11) is -0.806. The molecule has 0 radical (unpaired) electrons. The number of likely N-dealkylation sites (N-methyl/N-ethyl adjacent to an activating group) is 1. The van der Waals surface area contributed by atoms with Crippen LogP contribution in [-0.4, -0.2) is 60.7 Å². The molecule has 1 amide bonds. The van der Waals surface area contributed by atoms with Gasteiger partial charge >= 0.3 is 0 Å². The number of nitrogens with one attached hydrogen (secondary N) is 1. The molecule has 0 bridgehead atoms. The van der Waals surface area contributed by atoms with Crippen molar-refractivity contribution in [3.05, 3.63) is 71.9 Å². The summed E-state index contributed by atoms with van der Waals surface area (Å²) in [4.78, 5) is 17.0. The first-order valence-electron chi connectivity index (χ1n) is 13.0. The smallest absolute Gasteiger partial charge is 0.242 e. The van der Waals surface area contributed by atoms with Crippen LogP contribution in [0, 0.1) is 12.7 Å². The molecule has 218 valence electrons. The minimum Gasteiger partial charge on any atom is -0.456 e. The molecular weight excluding hydrogens is 549 g/mol. The third-order valence-electron chi connectivity index (χ3n) is 6.53. The molecule has 0 aliphatic carbocycles. The van der Waals surface area contributed by atoms with Crippen molar-refractivity contribution < 1.29 is 27.1 Å². The number of hydrogen-bond donors (Lipinski definition) is 1. The maximum atomic E-state index is 15.4. The molecule has 0 aliphatic rings.